The zero-order valence-electron chi connectivity index (χ0n) is 10.2. The first kappa shape index (κ1) is 12.0. The number of nitrogen functional groups attached to an aromatic ring is 1. The van der Waals surface area contributed by atoms with Gasteiger partial charge in [-0.05, 0) is 23.8 Å². The van der Waals surface area contributed by atoms with Gasteiger partial charge in [-0.25, -0.2) is 4.98 Å². The summed E-state index contributed by atoms with van der Waals surface area (Å²) in [7, 11) is 1.94. The maximum atomic E-state index is 7.42. The number of hydrogen-bond donors (Lipinski definition) is 2. The molecule has 0 unspecified atom stereocenters. The van der Waals surface area contributed by atoms with Gasteiger partial charge in [-0.1, -0.05) is 6.07 Å². The van der Waals surface area contributed by atoms with E-state index in [2.05, 4.69) is 9.97 Å². The number of rotatable bonds is 4. The zero-order valence-corrected chi connectivity index (χ0v) is 10.2. The number of hydrogen-bond acceptors (Lipinski definition) is 4. The van der Waals surface area contributed by atoms with Crippen molar-refractivity contribution >= 4 is 11.7 Å². The average Bonchev–Trinajstić information content (AvgIpc) is 2.40. The highest BCUT2D eigenvalue weighted by atomic mass is 15.2. The van der Waals surface area contributed by atoms with E-state index >= 15 is 0 Å². The number of nitrogens with zero attached hydrogens (tertiary/aromatic N) is 3. The van der Waals surface area contributed by atoms with Crippen LogP contribution >= 0.6 is 0 Å². The van der Waals surface area contributed by atoms with E-state index in [1.54, 1.807) is 24.5 Å². The Morgan fingerprint density at radius 2 is 2.22 bits per heavy atom. The SMILES string of the molecule is CN(Cc1cccnc1)c1cc(C(=N)N)ccn1. The summed E-state index contributed by atoms with van der Waals surface area (Å²) in [4.78, 5) is 10.3. The predicted molar refractivity (Wildman–Crippen MR) is 71.6 cm³/mol. The minimum absolute atomic E-state index is 0.0495. The molecule has 2 heterocycles. The molecule has 0 aliphatic rings. The fourth-order valence-electron chi connectivity index (χ4n) is 1.64. The third-order valence-electron chi connectivity index (χ3n) is 2.59. The molecule has 0 atom stereocenters. The Morgan fingerprint density at radius 1 is 1.39 bits per heavy atom. The number of amidine groups is 1. The number of anilines is 1. The summed E-state index contributed by atoms with van der Waals surface area (Å²) in [5, 5.41) is 7.42. The lowest BCUT2D eigenvalue weighted by Crippen LogP contribution is -2.19. The van der Waals surface area contributed by atoms with E-state index in [1.807, 2.05) is 30.3 Å². The molecular weight excluding hydrogens is 226 g/mol. The van der Waals surface area contributed by atoms with E-state index in [9.17, 15) is 0 Å². The molecule has 0 aliphatic carbocycles. The van der Waals surface area contributed by atoms with Gasteiger partial charge in [0.25, 0.3) is 0 Å². The van der Waals surface area contributed by atoms with Crippen LogP contribution in [0.15, 0.2) is 42.9 Å². The Morgan fingerprint density at radius 3 is 2.89 bits per heavy atom. The van der Waals surface area contributed by atoms with Crippen LogP contribution < -0.4 is 10.6 Å². The van der Waals surface area contributed by atoms with E-state index in [4.69, 9.17) is 11.1 Å². The number of nitrogens with two attached hydrogens (primary N) is 1. The highest BCUT2D eigenvalue weighted by molar-refractivity contribution is 5.95. The van der Waals surface area contributed by atoms with Crippen molar-refractivity contribution < 1.29 is 0 Å². The van der Waals surface area contributed by atoms with Crippen molar-refractivity contribution in [3.63, 3.8) is 0 Å². The summed E-state index contributed by atoms with van der Waals surface area (Å²) in [6.07, 6.45) is 5.23. The summed E-state index contributed by atoms with van der Waals surface area (Å²) in [6, 6.07) is 7.45. The van der Waals surface area contributed by atoms with Crippen molar-refractivity contribution in [2.75, 3.05) is 11.9 Å². The normalized spacial score (nSPS) is 10.1. The van der Waals surface area contributed by atoms with Gasteiger partial charge in [0.2, 0.25) is 0 Å². The lowest BCUT2D eigenvalue weighted by atomic mass is 10.2. The summed E-state index contributed by atoms with van der Waals surface area (Å²) in [6.45, 7) is 0.711. The molecule has 3 N–H and O–H groups in total. The molecule has 18 heavy (non-hydrogen) atoms. The van der Waals surface area contributed by atoms with Gasteiger partial charge < -0.3 is 10.6 Å². The van der Waals surface area contributed by atoms with E-state index in [1.165, 1.54) is 0 Å². The van der Waals surface area contributed by atoms with Crippen molar-refractivity contribution in [1.29, 1.82) is 5.41 Å². The van der Waals surface area contributed by atoms with Crippen LogP contribution in [0.4, 0.5) is 5.82 Å². The van der Waals surface area contributed by atoms with Crippen molar-refractivity contribution in [3.05, 3.63) is 54.0 Å². The molecule has 5 nitrogen and oxygen atoms in total. The summed E-state index contributed by atoms with van der Waals surface area (Å²) in [5.41, 5.74) is 7.25. The molecule has 0 saturated carbocycles. The highest BCUT2D eigenvalue weighted by Gasteiger charge is 2.05. The van der Waals surface area contributed by atoms with Crippen LogP contribution in [0.2, 0.25) is 0 Å². The molecule has 2 rings (SSSR count). The van der Waals surface area contributed by atoms with Gasteiger partial charge in [-0.3, -0.25) is 10.4 Å². The first-order chi connectivity index (χ1) is 8.66. The first-order valence-electron chi connectivity index (χ1n) is 5.57. The second kappa shape index (κ2) is 5.27. The Labute approximate surface area is 106 Å². The molecule has 2 aromatic rings. The number of aromatic nitrogens is 2. The van der Waals surface area contributed by atoms with Crippen LogP contribution in [-0.2, 0) is 6.54 Å². The lowest BCUT2D eigenvalue weighted by molar-refractivity contribution is 0.891. The monoisotopic (exact) mass is 241 g/mol. The third-order valence-corrected chi connectivity index (χ3v) is 2.59. The largest absolute Gasteiger partial charge is 0.384 e. The van der Waals surface area contributed by atoms with Gasteiger partial charge in [0.1, 0.15) is 11.7 Å². The topological polar surface area (TPSA) is 78.9 Å². The molecule has 2 aromatic heterocycles. The molecule has 0 saturated heterocycles. The minimum atomic E-state index is 0.0495. The quantitative estimate of drug-likeness (QED) is 0.626. The van der Waals surface area contributed by atoms with Crippen molar-refractivity contribution in [1.82, 2.24) is 9.97 Å². The second-order valence-electron chi connectivity index (χ2n) is 4.03. The van der Waals surface area contributed by atoms with Crippen LogP contribution in [0.1, 0.15) is 11.1 Å². The molecule has 0 aliphatic heterocycles. The molecule has 5 heteroatoms. The molecule has 0 fully saturated rings. The third kappa shape index (κ3) is 2.82. The van der Waals surface area contributed by atoms with Crippen LogP contribution in [0.25, 0.3) is 0 Å². The molecule has 92 valence electrons. The maximum Gasteiger partial charge on any atom is 0.129 e. The molecule has 0 radical (unpaired) electrons. The highest BCUT2D eigenvalue weighted by Crippen LogP contribution is 2.13. The molecule has 0 amide bonds. The Hall–Kier alpha value is -2.43. The average molecular weight is 241 g/mol. The maximum absolute atomic E-state index is 7.42. The minimum Gasteiger partial charge on any atom is -0.384 e. The Kier molecular flexibility index (Phi) is 3.52. The van der Waals surface area contributed by atoms with E-state index < -0.39 is 0 Å². The van der Waals surface area contributed by atoms with Crippen LogP contribution in [0, 0.1) is 5.41 Å². The van der Waals surface area contributed by atoms with E-state index in [0.717, 1.165) is 11.4 Å². The fourth-order valence-corrected chi connectivity index (χ4v) is 1.64. The fraction of sp³-hybridized carbons (Fsp3) is 0.154. The van der Waals surface area contributed by atoms with Crippen molar-refractivity contribution in [2.45, 2.75) is 6.54 Å². The van der Waals surface area contributed by atoms with E-state index in [0.29, 0.717) is 12.1 Å². The lowest BCUT2D eigenvalue weighted by Gasteiger charge is -2.18. The summed E-state index contributed by atoms with van der Waals surface area (Å²) < 4.78 is 0. The van der Waals surface area contributed by atoms with Gasteiger partial charge in [0.15, 0.2) is 0 Å². The summed E-state index contributed by atoms with van der Waals surface area (Å²) in [5.74, 6) is 0.833. The van der Waals surface area contributed by atoms with E-state index in [-0.39, 0.29) is 5.84 Å². The smallest absolute Gasteiger partial charge is 0.129 e. The van der Waals surface area contributed by atoms with Crippen molar-refractivity contribution in [3.8, 4) is 0 Å². The van der Waals surface area contributed by atoms with Gasteiger partial charge in [-0.15, -0.1) is 0 Å². The second-order valence-corrected chi connectivity index (χ2v) is 4.03. The zero-order chi connectivity index (χ0) is 13.0. The van der Waals surface area contributed by atoms with Crippen LogP contribution in [0.3, 0.4) is 0 Å². The molecule has 0 bridgehead atoms. The van der Waals surface area contributed by atoms with Crippen LogP contribution in [0.5, 0.6) is 0 Å². The van der Waals surface area contributed by atoms with Gasteiger partial charge >= 0.3 is 0 Å². The molecule has 0 spiro atoms. The number of nitrogens with one attached hydrogen (secondary N) is 1. The van der Waals surface area contributed by atoms with Gasteiger partial charge in [0.05, 0.1) is 0 Å². The van der Waals surface area contributed by atoms with Crippen LogP contribution in [-0.4, -0.2) is 22.9 Å². The predicted octanol–water partition coefficient (Wildman–Crippen LogP) is 1.40. The van der Waals surface area contributed by atoms with Gasteiger partial charge in [-0.2, -0.15) is 0 Å². The Balaban J connectivity index is 2.16. The first-order valence-corrected chi connectivity index (χ1v) is 5.57. The van der Waals surface area contributed by atoms with Gasteiger partial charge in [0, 0.05) is 37.7 Å². The number of pyridine rings is 2. The Bertz CT molecular complexity index is 538. The summed E-state index contributed by atoms with van der Waals surface area (Å²) >= 11 is 0. The standard InChI is InChI=1S/C13H15N5/c1-18(9-10-3-2-5-16-8-10)12-7-11(13(14)15)4-6-17-12/h2-8H,9H2,1H3,(H3,14,15). The molecular formula is C13H15N5. The molecule has 0 aromatic carbocycles. The van der Waals surface area contributed by atoms with Crippen molar-refractivity contribution in [2.24, 2.45) is 5.73 Å².